The third-order valence-electron chi connectivity index (χ3n) is 3.71. The van der Waals surface area contributed by atoms with Crippen LogP contribution in [0.25, 0.3) is 0 Å². The Balaban J connectivity index is 0.00000132. The second-order valence-electron chi connectivity index (χ2n) is 4.93. The molecule has 0 atom stereocenters. The van der Waals surface area contributed by atoms with Gasteiger partial charge in [-0.1, -0.05) is 23.7 Å². The van der Waals surface area contributed by atoms with Crippen molar-refractivity contribution < 1.29 is 31.0 Å². The van der Waals surface area contributed by atoms with Crippen LogP contribution >= 0.6 is 11.6 Å². The van der Waals surface area contributed by atoms with Crippen molar-refractivity contribution in [2.75, 3.05) is 13.3 Å². The number of fused-ring (bicyclic) bond motifs is 2. The Morgan fingerprint density at radius 2 is 1.81 bits per heavy atom. The Morgan fingerprint density at radius 1 is 1.05 bits per heavy atom. The van der Waals surface area contributed by atoms with Gasteiger partial charge in [0, 0.05) is 18.1 Å². The number of benzene rings is 2. The van der Waals surface area contributed by atoms with Crippen molar-refractivity contribution in [3.63, 3.8) is 0 Å². The van der Waals surface area contributed by atoms with Crippen molar-refractivity contribution >= 4 is 23.5 Å². The number of hydrogen-bond donors (Lipinski definition) is 0. The summed E-state index contributed by atoms with van der Waals surface area (Å²) in [6.07, 6.45) is 3.09. The molecule has 0 N–H and O–H groups in total. The van der Waals surface area contributed by atoms with Crippen LogP contribution in [-0.2, 0) is 6.42 Å². The molecular formula is C16H13BrClNO2. The first-order valence-electron chi connectivity index (χ1n) is 6.60. The number of nitrogens with zero attached hydrogens (tertiary/aromatic N) is 1. The normalized spacial score (nSPS) is 15.0. The molecule has 0 saturated heterocycles. The van der Waals surface area contributed by atoms with Gasteiger partial charge in [0.25, 0.3) is 0 Å². The summed E-state index contributed by atoms with van der Waals surface area (Å²) in [5, 5.41) is 0.771. The zero-order valence-electron chi connectivity index (χ0n) is 11.2. The first kappa shape index (κ1) is 14.4. The van der Waals surface area contributed by atoms with Crippen LogP contribution in [0.1, 0.15) is 11.1 Å². The predicted octanol–water partition coefficient (Wildman–Crippen LogP) is 0.392. The molecule has 2 aromatic carbocycles. The van der Waals surface area contributed by atoms with Crippen molar-refractivity contribution in [3.05, 3.63) is 52.5 Å². The Kier molecular flexibility index (Phi) is 3.91. The van der Waals surface area contributed by atoms with E-state index in [0.717, 1.165) is 35.2 Å². The van der Waals surface area contributed by atoms with Gasteiger partial charge in [-0.15, -0.1) is 0 Å². The molecule has 0 saturated carbocycles. The molecule has 0 radical (unpaired) electrons. The van der Waals surface area contributed by atoms with Gasteiger partial charge in [-0.3, -0.25) is 0 Å². The molecule has 108 valence electrons. The number of halogens is 2. The van der Waals surface area contributed by atoms with Crippen LogP contribution in [0.15, 0.2) is 36.4 Å². The van der Waals surface area contributed by atoms with E-state index < -0.39 is 0 Å². The maximum Gasteiger partial charge on any atom is 0.231 e. The summed E-state index contributed by atoms with van der Waals surface area (Å²) < 4.78 is 13.1. The minimum absolute atomic E-state index is 0. The molecule has 0 fully saturated rings. The van der Waals surface area contributed by atoms with Crippen molar-refractivity contribution in [2.45, 2.75) is 6.42 Å². The molecule has 0 unspecified atom stereocenters. The summed E-state index contributed by atoms with van der Waals surface area (Å²) in [5.41, 5.74) is 3.50. The minimum Gasteiger partial charge on any atom is -1.00 e. The summed E-state index contributed by atoms with van der Waals surface area (Å²) in [7, 11) is 0. The van der Waals surface area contributed by atoms with Crippen LogP contribution in [0.2, 0.25) is 5.02 Å². The van der Waals surface area contributed by atoms with E-state index in [-0.39, 0.29) is 17.0 Å². The van der Waals surface area contributed by atoms with E-state index in [0.29, 0.717) is 6.79 Å². The zero-order valence-corrected chi connectivity index (χ0v) is 13.5. The van der Waals surface area contributed by atoms with E-state index in [4.69, 9.17) is 21.1 Å². The van der Waals surface area contributed by atoms with Gasteiger partial charge in [-0.05, 0) is 23.8 Å². The van der Waals surface area contributed by atoms with E-state index in [9.17, 15) is 0 Å². The molecular weight excluding hydrogens is 354 g/mol. The fourth-order valence-corrected chi connectivity index (χ4v) is 2.93. The maximum atomic E-state index is 6.27. The quantitative estimate of drug-likeness (QED) is 0.681. The molecule has 4 rings (SSSR count). The highest BCUT2D eigenvalue weighted by Crippen LogP contribution is 2.36. The molecule has 2 aromatic rings. The van der Waals surface area contributed by atoms with Gasteiger partial charge < -0.3 is 26.5 Å². The van der Waals surface area contributed by atoms with Crippen LogP contribution in [0, 0.1) is 0 Å². The molecule has 21 heavy (non-hydrogen) atoms. The van der Waals surface area contributed by atoms with Crippen LogP contribution in [-0.4, -0.2) is 24.1 Å². The fraction of sp³-hybridized carbons (Fsp3) is 0.188. The Labute approximate surface area is 138 Å². The van der Waals surface area contributed by atoms with Gasteiger partial charge in [-0.2, -0.15) is 4.58 Å². The van der Waals surface area contributed by atoms with Gasteiger partial charge in [-0.25, -0.2) is 0 Å². The number of ether oxygens (including phenoxy) is 2. The summed E-state index contributed by atoms with van der Waals surface area (Å²) in [5.74, 6) is 1.67. The highest BCUT2D eigenvalue weighted by molar-refractivity contribution is 6.32. The first-order chi connectivity index (χ1) is 9.81. The van der Waals surface area contributed by atoms with E-state index in [2.05, 4.69) is 16.9 Å². The number of hydrogen-bond acceptors (Lipinski definition) is 2. The lowest BCUT2D eigenvalue weighted by Gasteiger charge is -2.13. The molecule has 0 spiro atoms. The van der Waals surface area contributed by atoms with Crippen molar-refractivity contribution in [1.29, 1.82) is 0 Å². The fourth-order valence-electron chi connectivity index (χ4n) is 2.68. The maximum absolute atomic E-state index is 6.27. The van der Waals surface area contributed by atoms with Crippen LogP contribution in [0.5, 0.6) is 11.5 Å². The topological polar surface area (TPSA) is 21.5 Å². The number of rotatable bonds is 1. The van der Waals surface area contributed by atoms with Crippen LogP contribution < -0.4 is 26.5 Å². The summed E-state index contributed by atoms with van der Waals surface area (Å²) in [4.78, 5) is 0. The van der Waals surface area contributed by atoms with Crippen molar-refractivity contribution in [1.82, 2.24) is 0 Å². The predicted molar refractivity (Wildman–Crippen MR) is 77.7 cm³/mol. The summed E-state index contributed by atoms with van der Waals surface area (Å²) in [6, 6.07) is 12.0. The molecule has 3 nitrogen and oxygen atoms in total. The SMILES string of the molecule is Clc1ccccc1[N+]1=Cc2cc3c(cc2CC1)OCO3.[Br-]. The Morgan fingerprint density at radius 3 is 2.62 bits per heavy atom. The average molecular weight is 367 g/mol. The highest BCUT2D eigenvalue weighted by atomic mass is 79.9. The third kappa shape index (κ3) is 2.54. The molecule has 2 heterocycles. The summed E-state index contributed by atoms with van der Waals surface area (Å²) >= 11 is 6.27. The lowest BCUT2D eigenvalue weighted by atomic mass is 10.0. The second-order valence-corrected chi connectivity index (χ2v) is 5.34. The Hall–Kier alpha value is -1.52. The van der Waals surface area contributed by atoms with Gasteiger partial charge in [0.05, 0.1) is 0 Å². The van der Waals surface area contributed by atoms with E-state index in [1.165, 1.54) is 11.1 Å². The molecule has 2 aliphatic heterocycles. The van der Waals surface area contributed by atoms with Gasteiger partial charge >= 0.3 is 0 Å². The molecule has 5 heteroatoms. The monoisotopic (exact) mass is 365 g/mol. The average Bonchev–Trinajstić information content (AvgIpc) is 2.92. The molecule has 0 aromatic heterocycles. The van der Waals surface area contributed by atoms with E-state index in [1.54, 1.807) is 0 Å². The molecule has 0 bridgehead atoms. The van der Waals surface area contributed by atoms with E-state index >= 15 is 0 Å². The van der Waals surface area contributed by atoms with Gasteiger partial charge in [0.2, 0.25) is 12.5 Å². The third-order valence-corrected chi connectivity index (χ3v) is 4.03. The van der Waals surface area contributed by atoms with Crippen LogP contribution in [0.4, 0.5) is 5.69 Å². The highest BCUT2D eigenvalue weighted by Gasteiger charge is 2.24. The lowest BCUT2D eigenvalue weighted by molar-refractivity contribution is -0.436. The first-order valence-corrected chi connectivity index (χ1v) is 6.97. The zero-order chi connectivity index (χ0) is 13.5. The second kappa shape index (κ2) is 5.70. The molecule has 2 aliphatic rings. The minimum atomic E-state index is 0. The Bertz CT molecular complexity index is 730. The van der Waals surface area contributed by atoms with Crippen molar-refractivity contribution in [3.8, 4) is 11.5 Å². The summed E-state index contributed by atoms with van der Waals surface area (Å²) in [6.45, 7) is 1.23. The smallest absolute Gasteiger partial charge is 0.231 e. The largest absolute Gasteiger partial charge is 1.00 e. The lowest BCUT2D eigenvalue weighted by Crippen LogP contribution is -3.00. The van der Waals surface area contributed by atoms with E-state index in [1.807, 2.05) is 30.3 Å². The van der Waals surface area contributed by atoms with Crippen LogP contribution in [0.3, 0.4) is 0 Å². The standard InChI is InChI=1S/C16H13ClNO2.BrH/c17-13-3-1-2-4-14(13)18-6-5-11-7-15-16(20-10-19-15)8-12(11)9-18;/h1-4,7-9H,5-6,10H2;1H/q+1;/p-1. The molecule has 0 aliphatic carbocycles. The van der Waals surface area contributed by atoms with Gasteiger partial charge in [0.15, 0.2) is 24.3 Å². The van der Waals surface area contributed by atoms with Gasteiger partial charge in [0.1, 0.15) is 5.02 Å². The van der Waals surface area contributed by atoms with Crippen molar-refractivity contribution in [2.24, 2.45) is 0 Å². The number of para-hydroxylation sites is 1. The molecule has 0 amide bonds.